The second-order valence-electron chi connectivity index (χ2n) is 5.65. The number of aromatic nitrogens is 2. The van der Waals surface area contributed by atoms with Gasteiger partial charge in [-0.25, -0.2) is 9.97 Å². The van der Waals surface area contributed by atoms with E-state index in [4.69, 9.17) is 4.74 Å². The van der Waals surface area contributed by atoms with Crippen molar-refractivity contribution in [2.24, 2.45) is 0 Å². The summed E-state index contributed by atoms with van der Waals surface area (Å²) < 4.78 is 5.50. The van der Waals surface area contributed by atoms with Crippen LogP contribution < -0.4 is 9.64 Å². The third-order valence-electron chi connectivity index (χ3n) is 3.60. The Bertz CT molecular complexity index is 635. The van der Waals surface area contributed by atoms with Crippen molar-refractivity contribution in [2.75, 3.05) is 31.1 Å². The van der Waals surface area contributed by atoms with Crippen LogP contribution in [-0.4, -0.2) is 53.1 Å². The van der Waals surface area contributed by atoms with Crippen LogP contribution >= 0.6 is 11.3 Å². The van der Waals surface area contributed by atoms with Crippen LogP contribution in [0.15, 0.2) is 29.9 Å². The van der Waals surface area contributed by atoms with Crippen molar-refractivity contribution >= 4 is 22.4 Å². The maximum atomic E-state index is 12.5. The van der Waals surface area contributed by atoms with Crippen molar-refractivity contribution in [1.29, 1.82) is 0 Å². The van der Waals surface area contributed by atoms with Crippen molar-refractivity contribution < 1.29 is 9.53 Å². The summed E-state index contributed by atoms with van der Waals surface area (Å²) in [7, 11) is 0. The Morgan fingerprint density at radius 2 is 2.00 bits per heavy atom. The van der Waals surface area contributed by atoms with E-state index in [0.717, 1.165) is 18.2 Å². The van der Waals surface area contributed by atoms with E-state index in [1.54, 1.807) is 29.7 Å². The van der Waals surface area contributed by atoms with Crippen molar-refractivity contribution in [3.05, 3.63) is 35.5 Å². The van der Waals surface area contributed by atoms with Crippen molar-refractivity contribution in [3.8, 4) is 5.88 Å². The highest BCUT2D eigenvalue weighted by atomic mass is 32.1. The van der Waals surface area contributed by atoms with Gasteiger partial charge in [0, 0.05) is 50.0 Å². The number of nitrogens with zero attached hydrogens (tertiary/aromatic N) is 4. The Balaban J connectivity index is 1.58. The van der Waals surface area contributed by atoms with Crippen LogP contribution in [0.1, 0.15) is 24.2 Å². The summed E-state index contributed by atoms with van der Waals surface area (Å²) in [5.74, 6) is 0.567. The lowest BCUT2D eigenvalue weighted by atomic mass is 10.2. The molecule has 0 atom stereocenters. The highest BCUT2D eigenvalue weighted by Gasteiger charge is 2.23. The molecule has 3 heterocycles. The van der Waals surface area contributed by atoms with E-state index in [1.807, 2.05) is 30.3 Å². The molecule has 2 aromatic heterocycles. The molecule has 3 rings (SSSR count). The van der Waals surface area contributed by atoms with Crippen LogP contribution in [-0.2, 0) is 0 Å². The number of hydrogen-bond donors (Lipinski definition) is 0. The Morgan fingerprint density at radius 3 is 2.57 bits per heavy atom. The molecule has 0 radical (unpaired) electrons. The molecule has 1 fully saturated rings. The number of rotatable bonds is 4. The Labute approximate surface area is 139 Å². The minimum Gasteiger partial charge on any atom is -0.475 e. The topological polar surface area (TPSA) is 58.6 Å². The molecule has 23 heavy (non-hydrogen) atoms. The van der Waals surface area contributed by atoms with Gasteiger partial charge in [-0.3, -0.25) is 4.79 Å². The largest absolute Gasteiger partial charge is 0.475 e. The first kappa shape index (κ1) is 15.7. The van der Waals surface area contributed by atoms with Crippen LogP contribution in [0.3, 0.4) is 0 Å². The molecule has 0 unspecified atom stereocenters. The van der Waals surface area contributed by atoms with Gasteiger partial charge in [-0.15, -0.1) is 11.3 Å². The molecule has 1 aliphatic heterocycles. The number of piperazine rings is 1. The van der Waals surface area contributed by atoms with Gasteiger partial charge in [0.1, 0.15) is 0 Å². The smallest absolute Gasteiger partial charge is 0.255 e. The van der Waals surface area contributed by atoms with Gasteiger partial charge in [0.15, 0.2) is 5.13 Å². The van der Waals surface area contributed by atoms with Crippen molar-refractivity contribution in [1.82, 2.24) is 14.9 Å². The fraction of sp³-hybridized carbons (Fsp3) is 0.438. The Morgan fingerprint density at radius 1 is 1.22 bits per heavy atom. The van der Waals surface area contributed by atoms with Crippen molar-refractivity contribution in [2.45, 2.75) is 20.0 Å². The predicted molar refractivity (Wildman–Crippen MR) is 90.2 cm³/mol. The maximum Gasteiger partial charge on any atom is 0.255 e. The van der Waals surface area contributed by atoms with E-state index in [2.05, 4.69) is 14.9 Å². The number of thiazole rings is 1. The first-order chi connectivity index (χ1) is 11.1. The SMILES string of the molecule is CC(C)Oc1ccc(C(=O)N2CCN(c3nccs3)CC2)cn1. The van der Waals surface area contributed by atoms with Crippen LogP contribution in [0.25, 0.3) is 0 Å². The van der Waals surface area contributed by atoms with Gasteiger partial charge in [0.2, 0.25) is 5.88 Å². The van der Waals surface area contributed by atoms with Gasteiger partial charge in [-0.05, 0) is 19.9 Å². The average Bonchev–Trinajstić information content (AvgIpc) is 3.09. The number of amides is 1. The number of pyridine rings is 1. The molecular formula is C16H20N4O2S. The van der Waals surface area contributed by atoms with Crippen LogP contribution in [0.2, 0.25) is 0 Å². The Kier molecular flexibility index (Phi) is 4.76. The maximum absolute atomic E-state index is 12.5. The Hall–Kier alpha value is -2.15. The minimum absolute atomic E-state index is 0.0207. The quantitative estimate of drug-likeness (QED) is 0.860. The van der Waals surface area contributed by atoms with Gasteiger partial charge in [0.25, 0.3) is 5.91 Å². The third kappa shape index (κ3) is 3.79. The van der Waals surface area contributed by atoms with Gasteiger partial charge in [-0.2, -0.15) is 0 Å². The monoisotopic (exact) mass is 332 g/mol. The molecule has 0 aromatic carbocycles. The zero-order valence-electron chi connectivity index (χ0n) is 13.3. The average molecular weight is 332 g/mol. The minimum atomic E-state index is 0.0207. The molecule has 0 saturated carbocycles. The van der Waals surface area contributed by atoms with E-state index in [-0.39, 0.29) is 12.0 Å². The van der Waals surface area contributed by atoms with Gasteiger partial charge in [0.05, 0.1) is 11.7 Å². The van der Waals surface area contributed by atoms with Crippen molar-refractivity contribution in [3.63, 3.8) is 0 Å². The highest BCUT2D eigenvalue weighted by Crippen LogP contribution is 2.20. The summed E-state index contributed by atoms with van der Waals surface area (Å²) in [6, 6.07) is 3.53. The first-order valence-corrected chi connectivity index (χ1v) is 8.58. The second-order valence-corrected chi connectivity index (χ2v) is 6.52. The van der Waals surface area contributed by atoms with Crippen LogP contribution in [0.5, 0.6) is 5.88 Å². The van der Waals surface area contributed by atoms with Gasteiger partial charge in [-0.1, -0.05) is 0 Å². The summed E-state index contributed by atoms with van der Waals surface area (Å²) in [6.07, 6.45) is 3.47. The number of carbonyl (C=O) groups is 1. The summed E-state index contributed by atoms with van der Waals surface area (Å²) in [4.78, 5) is 25.1. The molecule has 1 amide bonds. The molecule has 6 nitrogen and oxygen atoms in total. The number of ether oxygens (including phenoxy) is 1. The lowest BCUT2D eigenvalue weighted by molar-refractivity contribution is 0.0746. The number of hydrogen-bond acceptors (Lipinski definition) is 6. The zero-order valence-corrected chi connectivity index (χ0v) is 14.1. The molecule has 122 valence electrons. The van der Waals surface area contributed by atoms with E-state index < -0.39 is 0 Å². The molecule has 2 aromatic rings. The zero-order chi connectivity index (χ0) is 16.2. The normalized spacial score (nSPS) is 15.1. The van der Waals surface area contributed by atoms with Crippen LogP contribution in [0.4, 0.5) is 5.13 Å². The summed E-state index contributed by atoms with van der Waals surface area (Å²) in [5.41, 5.74) is 0.601. The second kappa shape index (κ2) is 6.95. The molecule has 1 saturated heterocycles. The summed E-state index contributed by atoms with van der Waals surface area (Å²) in [5, 5.41) is 2.99. The van der Waals surface area contributed by atoms with Gasteiger partial charge < -0.3 is 14.5 Å². The fourth-order valence-corrected chi connectivity index (χ4v) is 3.17. The lowest BCUT2D eigenvalue weighted by Crippen LogP contribution is -2.48. The molecule has 0 aliphatic carbocycles. The number of carbonyl (C=O) groups excluding carboxylic acids is 1. The molecule has 0 N–H and O–H groups in total. The fourth-order valence-electron chi connectivity index (χ4n) is 2.47. The highest BCUT2D eigenvalue weighted by molar-refractivity contribution is 7.13. The lowest BCUT2D eigenvalue weighted by Gasteiger charge is -2.34. The molecule has 0 spiro atoms. The molecular weight excluding hydrogens is 312 g/mol. The molecule has 1 aliphatic rings. The molecule has 7 heteroatoms. The molecule has 0 bridgehead atoms. The predicted octanol–water partition coefficient (Wildman–Crippen LogP) is 2.29. The third-order valence-corrected chi connectivity index (χ3v) is 4.43. The summed E-state index contributed by atoms with van der Waals surface area (Å²) >= 11 is 1.63. The van der Waals surface area contributed by atoms with Crippen LogP contribution in [0, 0.1) is 0 Å². The van der Waals surface area contributed by atoms with Gasteiger partial charge >= 0.3 is 0 Å². The van der Waals surface area contributed by atoms with E-state index in [9.17, 15) is 4.79 Å². The standard InChI is InChI=1S/C16H20N4O2S/c1-12(2)22-14-4-3-13(11-18-14)15(21)19-6-8-20(9-7-19)16-17-5-10-23-16/h3-5,10-12H,6-9H2,1-2H3. The number of anilines is 1. The van der Waals surface area contributed by atoms with E-state index in [0.29, 0.717) is 24.5 Å². The van der Waals surface area contributed by atoms with E-state index in [1.165, 1.54) is 0 Å². The first-order valence-electron chi connectivity index (χ1n) is 7.70. The summed E-state index contributed by atoms with van der Waals surface area (Å²) in [6.45, 7) is 6.90. The van der Waals surface area contributed by atoms with E-state index >= 15 is 0 Å².